The molecule has 10 heteroatoms. The molecular formula is C17H22ClN5O3S. The molecule has 1 aromatic carbocycles. The minimum absolute atomic E-state index is 0.189. The molecule has 146 valence electrons. The molecule has 0 atom stereocenters. The minimum Gasteiger partial charge on any atom is -0.378 e. The molecular weight excluding hydrogens is 390 g/mol. The highest BCUT2D eigenvalue weighted by molar-refractivity contribution is 7.91. The Morgan fingerprint density at radius 3 is 2.70 bits per heavy atom. The number of nitrogens with one attached hydrogen (secondary N) is 1. The van der Waals surface area contributed by atoms with Crippen LogP contribution in [0, 0.1) is 0 Å². The molecule has 1 aliphatic rings. The molecule has 1 N–H and O–H groups in total. The van der Waals surface area contributed by atoms with Crippen molar-refractivity contribution < 1.29 is 13.2 Å². The molecule has 0 aliphatic carbocycles. The Bertz CT molecular complexity index is 901. The van der Waals surface area contributed by atoms with E-state index < -0.39 is 10.0 Å². The summed E-state index contributed by atoms with van der Waals surface area (Å²) in [6, 6.07) is 6.77. The van der Waals surface area contributed by atoms with Crippen LogP contribution in [0.2, 0.25) is 5.02 Å². The molecule has 1 aromatic heterocycles. The van der Waals surface area contributed by atoms with Crippen LogP contribution in [0.5, 0.6) is 0 Å². The first kappa shape index (κ1) is 19.7. The topological polar surface area (TPSA) is 87.7 Å². The van der Waals surface area contributed by atoms with Crippen molar-refractivity contribution in [1.82, 2.24) is 9.97 Å². The van der Waals surface area contributed by atoms with Crippen LogP contribution in [0.15, 0.2) is 30.5 Å². The van der Waals surface area contributed by atoms with Crippen molar-refractivity contribution in [3.05, 3.63) is 41.0 Å². The zero-order valence-corrected chi connectivity index (χ0v) is 16.8. The number of halogens is 1. The van der Waals surface area contributed by atoms with E-state index >= 15 is 0 Å². The summed E-state index contributed by atoms with van der Waals surface area (Å²) in [5.74, 6) is 0.868. The lowest BCUT2D eigenvalue weighted by molar-refractivity contribution is 0.122. The lowest BCUT2D eigenvalue weighted by Gasteiger charge is -2.28. The molecule has 0 bridgehead atoms. The van der Waals surface area contributed by atoms with Gasteiger partial charge in [-0.15, -0.1) is 0 Å². The summed E-state index contributed by atoms with van der Waals surface area (Å²) in [5.41, 5.74) is 0.936. The Morgan fingerprint density at radius 1 is 1.30 bits per heavy atom. The number of benzene rings is 1. The van der Waals surface area contributed by atoms with E-state index in [-0.39, 0.29) is 5.75 Å². The Balaban J connectivity index is 1.82. The zero-order valence-electron chi connectivity index (χ0n) is 15.2. The highest BCUT2D eigenvalue weighted by Gasteiger charge is 2.20. The van der Waals surface area contributed by atoms with E-state index in [0.717, 1.165) is 0 Å². The van der Waals surface area contributed by atoms with Crippen LogP contribution in [0.4, 0.5) is 17.5 Å². The second kappa shape index (κ2) is 8.28. The summed E-state index contributed by atoms with van der Waals surface area (Å²) >= 11 is 5.94. The number of nitrogens with zero attached hydrogens (tertiary/aromatic N) is 4. The standard InChI is InChI=1S/C17H22ClN5O3S/c1-22(2)16-15(11-19-17(20-16)23-6-8-26-9-7-23)21-27(24,25)12-13-4-3-5-14(18)10-13/h3-5,10-11,21H,6-9,12H2,1-2H3. The molecule has 1 fully saturated rings. The highest BCUT2D eigenvalue weighted by Crippen LogP contribution is 2.26. The molecule has 1 aliphatic heterocycles. The van der Waals surface area contributed by atoms with Crippen molar-refractivity contribution in [3.63, 3.8) is 0 Å². The predicted octanol–water partition coefficient (Wildman–Crippen LogP) is 1.97. The number of sulfonamides is 1. The monoisotopic (exact) mass is 411 g/mol. The quantitative estimate of drug-likeness (QED) is 0.777. The first-order valence-electron chi connectivity index (χ1n) is 8.46. The van der Waals surface area contributed by atoms with Gasteiger partial charge in [0.2, 0.25) is 16.0 Å². The van der Waals surface area contributed by atoms with Crippen LogP contribution < -0.4 is 14.5 Å². The van der Waals surface area contributed by atoms with Gasteiger partial charge in [0.25, 0.3) is 0 Å². The SMILES string of the molecule is CN(C)c1nc(N2CCOCC2)ncc1NS(=O)(=O)Cc1cccc(Cl)c1. The van der Waals surface area contributed by atoms with Gasteiger partial charge in [0.1, 0.15) is 5.69 Å². The van der Waals surface area contributed by atoms with Gasteiger partial charge in [0.05, 0.1) is 25.2 Å². The fourth-order valence-corrected chi connectivity index (χ4v) is 4.12. The molecule has 2 heterocycles. The number of anilines is 3. The number of morpholine rings is 1. The van der Waals surface area contributed by atoms with E-state index in [1.807, 2.05) is 4.90 Å². The van der Waals surface area contributed by atoms with Gasteiger partial charge in [-0.3, -0.25) is 4.72 Å². The van der Waals surface area contributed by atoms with Crippen LogP contribution in [-0.4, -0.2) is 58.8 Å². The molecule has 3 rings (SSSR count). The first-order chi connectivity index (χ1) is 12.8. The Hall–Kier alpha value is -2.10. The smallest absolute Gasteiger partial charge is 0.237 e. The Morgan fingerprint density at radius 2 is 2.04 bits per heavy atom. The van der Waals surface area contributed by atoms with Crippen molar-refractivity contribution in [2.24, 2.45) is 0 Å². The summed E-state index contributed by atoms with van der Waals surface area (Å²) < 4.78 is 33.1. The van der Waals surface area contributed by atoms with Crippen LogP contribution in [-0.2, 0) is 20.5 Å². The highest BCUT2D eigenvalue weighted by atomic mass is 35.5. The van der Waals surface area contributed by atoms with Gasteiger partial charge in [-0.05, 0) is 17.7 Å². The van der Waals surface area contributed by atoms with Gasteiger partial charge in [0.15, 0.2) is 5.82 Å². The third-order valence-electron chi connectivity index (χ3n) is 3.98. The lowest BCUT2D eigenvalue weighted by atomic mass is 10.2. The maximum Gasteiger partial charge on any atom is 0.237 e. The van der Waals surface area contributed by atoms with E-state index in [4.69, 9.17) is 16.3 Å². The normalized spacial score (nSPS) is 14.9. The average Bonchev–Trinajstić information content (AvgIpc) is 2.62. The Labute approximate surface area is 164 Å². The van der Waals surface area contributed by atoms with Crippen LogP contribution in [0.3, 0.4) is 0 Å². The summed E-state index contributed by atoms with van der Waals surface area (Å²) in [6.07, 6.45) is 1.50. The van der Waals surface area contributed by atoms with Gasteiger partial charge >= 0.3 is 0 Å². The third kappa shape index (κ3) is 5.21. The number of hydrogen-bond acceptors (Lipinski definition) is 7. The van der Waals surface area contributed by atoms with Gasteiger partial charge in [0, 0.05) is 32.2 Å². The number of ether oxygens (including phenoxy) is 1. The molecule has 0 amide bonds. The molecule has 0 radical (unpaired) electrons. The van der Waals surface area contributed by atoms with E-state index in [9.17, 15) is 8.42 Å². The van der Waals surface area contributed by atoms with Crippen molar-refractivity contribution in [2.45, 2.75) is 5.75 Å². The van der Waals surface area contributed by atoms with Crippen molar-refractivity contribution in [1.29, 1.82) is 0 Å². The van der Waals surface area contributed by atoms with Gasteiger partial charge in [-0.25, -0.2) is 13.4 Å². The Kier molecular flexibility index (Phi) is 6.03. The molecule has 2 aromatic rings. The molecule has 1 saturated heterocycles. The summed E-state index contributed by atoms with van der Waals surface area (Å²) in [4.78, 5) is 12.6. The van der Waals surface area contributed by atoms with Crippen LogP contribution in [0.25, 0.3) is 0 Å². The molecule has 8 nitrogen and oxygen atoms in total. The maximum absolute atomic E-state index is 12.6. The van der Waals surface area contributed by atoms with E-state index in [0.29, 0.717) is 54.3 Å². The van der Waals surface area contributed by atoms with Crippen LogP contribution in [0.1, 0.15) is 5.56 Å². The number of rotatable bonds is 6. The van der Waals surface area contributed by atoms with Crippen molar-refractivity contribution >= 4 is 39.1 Å². The summed E-state index contributed by atoms with van der Waals surface area (Å²) in [7, 11) is -0.0356. The van der Waals surface area contributed by atoms with Gasteiger partial charge in [-0.2, -0.15) is 4.98 Å². The van der Waals surface area contributed by atoms with Crippen molar-refractivity contribution in [2.75, 3.05) is 54.9 Å². The number of aromatic nitrogens is 2. The van der Waals surface area contributed by atoms with E-state index in [1.54, 1.807) is 43.3 Å². The fraction of sp³-hybridized carbons (Fsp3) is 0.412. The average molecular weight is 412 g/mol. The third-order valence-corrected chi connectivity index (χ3v) is 5.46. The molecule has 27 heavy (non-hydrogen) atoms. The van der Waals surface area contributed by atoms with E-state index in [1.165, 1.54) is 6.20 Å². The largest absolute Gasteiger partial charge is 0.378 e. The van der Waals surface area contributed by atoms with Crippen LogP contribution >= 0.6 is 11.6 Å². The second-order valence-corrected chi connectivity index (χ2v) is 8.55. The molecule has 0 unspecified atom stereocenters. The summed E-state index contributed by atoms with van der Waals surface area (Å²) in [6.45, 7) is 2.64. The van der Waals surface area contributed by atoms with E-state index in [2.05, 4.69) is 14.7 Å². The first-order valence-corrected chi connectivity index (χ1v) is 10.5. The number of hydrogen-bond donors (Lipinski definition) is 1. The fourth-order valence-electron chi connectivity index (χ4n) is 2.74. The van der Waals surface area contributed by atoms with Gasteiger partial charge in [-0.1, -0.05) is 23.7 Å². The van der Waals surface area contributed by atoms with Gasteiger partial charge < -0.3 is 14.5 Å². The summed E-state index contributed by atoms with van der Waals surface area (Å²) in [5, 5.41) is 0.495. The zero-order chi connectivity index (χ0) is 19.4. The van der Waals surface area contributed by atoms with Crippen molar-refractivity contribution in [3.8, 4) is 0 Å². The maximum atomic E-state index is 12.6. The molecule has 0 saturated carbocycles. The second-order valence-electron chi connectivity index (χ2n) is 6.39. The molecule has 0 spiro atoms. The minimum atomic E-state index is -3.65. The lowest BCUT2D eigenvalue weighted by Crippen LogP contribution is -2.37. The predicted molar refractivity (Wildman–Crippen MR) is 107 cm³/mol.